The van der Waals surface area contributed by atoms with Gasteiger partial charge in [0, 0.05) is 23.4 Å². The number of hydrogen-bond donors (Lipinski definition) is 1. The van der Waals surface area contributed by atoms with Gasteiger partial charge in [-0.3, -0.25) is 4.79 Å². The Balaban J connectivity index is 1.70. The van der Waals surface area contributed by atoms with E-state index in [1.807, 2.05) is 39.0 Å². The van der Waals surface area contributed by atoms with E-state index < -0.39 is 0 Å². The summed E-state index contributed by atoms with van der Waals surface area (Å²) in [6, 6.07) is 5.33. The van der Waals surface area contributed by atoms with Crippen LogP contribution in [0.25, 0.3) is 5.78 Å². The molecule has 3 rings (SSSR count). The molecule has 0 aliphatic rings. The third-order valence-corrected chi connectivity index (χ3v) is 4.87. The fraction of sp³-hybridized carbons (Fsp3) is 0.400. The van der Waals surface area contributed by atoms with Gasteiger partial charge in [-0.1, -0.05) is 0 Å². The number of ether oxygens (including phenoxy) is 2. The van der Waals surface area contributed by atoms with Crippen LogP contribution >= 0.6 is 0 Å². The predicted octanol–water partition coefficient (Wildman–Crippen LogP) is 2.57. The summed E-state index contributed by atoms with van der Waals surface area (Å²) in [4.78, 5) is 21.1. The molecule has 0 aliphatic carbocycles. The SMILES string of the molecule is COc1ccc(OC)c([C@@H](C)NC(=O)CCc2c(C)nc3ncnn3c2C)c1. The molecule has 8 nitrogen and oxygen atoms in total. The molecular weight excluding hydrogens is 358 g/mol. The molecule has 2 heterocycles. The molecule has 1 atom stereocenters. The topological polar surface area (TPSA) is 90.6 Å². The van der Waals surface area contributed by atoms with Crippen molar-refractivity contribution in [3.63, 3.8) is 0 Å². The molecule has 0 unspecified atom stereocenters. The number of nitrogens with one attached hydrogen (secondary N) is 1. The van der Waals surface area contributed by atoms with E-state index in [1.165, 1.54) is 6.33 Å². The minimum atomic E-state index is -0.212. The Labute approximate surface area is 163 Å². The lowest BCUT2D eigenvalue weighted by atomic mass is 10.0. The van der Waals surface area contributed by atoms with Crippen LogP contribution in [0, 0.1) is 13.8 Å². The summed E-state index contributed by atoms with van der Waals surface area (Å²) in [5, 5.41) is 7.22. The molecule has 148 valence electrons. The van der Waals surface area contributed by atoms with Crippen LogP contribution in [-0.4, -0.2) is 39.7 Å². The highest BCUT2D eigenvalue weighted by Crippen LogP contribution is 2.29. The van der Waals surface area contributed by atoms with Gasteiger partial charge in [-0.05, 0) is 51.0 Å². The largest absolute Gasteiger partial charge is 0.497 e. The van der Waals surface area contributed by atoms with Crippen LogP contribution in [0.2, 0.25) is 0 Å². The van der Waals surface area contributed by atoms with Crippen LogP contribution in [0.5, 0.6) is 11.5 Å². The second-order valence-electron chi connectivity index (χ2n) is 6.63. The quantitative estimate of drug-likeness (QED) is 0.674. The summed E-state index contributed by atoms with van der Waals surface area (Å²) >= 11 is 0. The number of hydrogen-bond acceptors (Lipinski definition) is 6. The smallest absolute Gasteiger partial charge is 0.252 e. The zero-order chi connectivity index (χ0) is 20.3. The summed E-state index contributed by atoms with van der Waals surface area (Å²) in [6.07, 6.45) is 2.41. The summed E-state index contributed by atoms with van der Waals surface area (Å²) in [6.45, 7) is 5.82. The number of aromatic nitrogens is 4. The second kappa shape index (κ2) is 8.24. The fourth-order valence-electron chi connectivity index (χ4n) is 3.32. The van der Waals surface area contributed by atoms with Gasteiger partial charge in [-0.2, -0.15) is 10.1 Å². The highest BCUT2D eigenvalue weighted by atomic mass is 16.5. The first kappa shape index (κ1) is 19.6. The average molecular weight is 383 g/mol. The Bertz CT molecular complexity index is 999. The van der Waals surface area contributed by atoms with Crippen molar-refractivity contribution in [1.29, 1.82) is 0 Å². The van der Waals surface area contributed by atoms with Crippen molar-refractivity contribution in [2.75, 3.05) is 14.2 Å². The van der Waals surface area contributed by atoms with E-state index in [4.69, 9.17) is 9.47 Å². The Morgan fingerprint density at radius 3 is 2.75 bits per heavy atom. The van der Waals surface area contributed by atoms with E-state index in [2.05, 4.69) is 20.4 Å². The molecule has 0 bridgehead atoms. The van der Waals surface area contributed by atoms with Gasteiger partial charge < -0.3 is 14.8 Å². The zero-order valence-corrected chi connectivity index (χ0v) is 16.8. The molecule has 1 aromatic carbocycles. The number of amides is 1. The number of aryl methyl sites for hydroxylation is 2. The van der Waals surface area contributed by atoms with Gasteiger partial charge in [-0.15, -0.1) is 0 Å². The standard InChI is InChI=1S/C20H25N5O3/c1-12-16(14(3)25-20(24-12)21-11-22-25)7-9-19(26)23-13(2)17-10-15(27-4)6-8-18(17)28-5/h6,8,10-11,13H,7,9H2,1-5H3,(H,23,26)/t13-/m1/s1. The molecule has 0 fully saturated rings. The van der Waals surface area contributed by atoms with Crippen LogP contribution in [0.4, 0.5) is 0 Å². The van der Waals surface area contributed by atoms with Crippen molar-refractivity contribution in [2.24, 2.45) is 0 Å². The number of fused-ring (bicyclic) bond motifs is 1. The van der Waals surface area contributed by atoms with Crippen LogP contribution in [0.15, 0.2) is 24.5 Å². The molecule has 0 aliphatic heterocycles. The predicted molar refractivity (Wildman–Crippen MR) is 105 cm³/mol. The Kier molecular flexibility index (Phi) is 5.77. The van der Waals surface area contributed by atoms with E-state index in [1.54, 1.807) is 18.7 Å². The molecule has 0 saturated heterocycles. The Hall–Kier alpha value is -3.16. The number of carbonyl (C=O) groups is 1. The molecule has 0 radical (unpaired) electrons. The van der Waals surface area contributed by atoms with E-state index in [9.17, 15) is 4.79 Å². The van der Waals surface area contributed by atoms with Crippen molar-refractivity contribution in [3.8, 4) is 11.5 Å². The maximum Gasteiger partial charge on any atom is 0.252 e. The van der Waals surface area contributed by atoms with E-state index in [-0.39, 0.29) is 11.9 Å². The Morgan fingerprint density at radius 2 is 2.04 bits per heavy atom. The van der Waals surface area contributed by atoms with E-state index in [0.29, 0.717) is 24.4 Å². The van der Waals surface area contributed by atoms with E-state index in [0.717, 1.165) is 28.3 Å². The summed E-state index contributed by atoms with van der Waals surface area (Å²) in [5.41, 5.74) is 3.71. The highest BCUT2D eigenvalue weighted by Gasteiger charge is 2.17. The maximum atomic E-state index is 12.6. The monoisotopic (exact) mass is 383 g/mol. The Morgan fingerprint density at radius 1 is 1.25 bits per heavy atom. The first-order valence-corrected chi connectivity index (χ1v) is 9.11. The summed E-state index contributed by atoms with van der Waals surface area (Å²) < 4.78 is 12.4. The van der Waals surface area contributed by atoms with Crippen LogP contribution in [0.3, 0.4) is 0 Å². The number of nitrogens with zero attached hydrogens (tertiary/aromatic N) is 4. The number of carbonyl (C=O) groups excluding carboxylic acids is 1. The summed E-state index contributed by atoms with van der Waals surface area (Å²) in [7, 11) is 3.22. The minimum absolute atomic E-state index is 0.0464. The van der Waals surface area contributed by atoms with Gasteiger partial charge in [0.15, 0.2) is 0 Å². The van der Waals surface area contributed by atoms with Crippen molar-refractivity contribution in [1.82, 2.24) is 24.9 Å². The fourth-order valence-corrected chi connectivity index (χ4v) is 3.32. The van der Waals surface area contributed by atoms with Crippen molar-refractivity contribution >= 4 is 11.7 Å². The van der Waals surface area contributed by atoms with Crippen LogP contribution in [0.1, 0.15) is 41.9 Å². The number of rotatable bonds is 7. The molecule has 1 amide bonds. The first-order valence-electron chi connectivity index (χ1n) is 9.11. The molecule has 3 aromatic rings. The molecule has 8 heteroatoms. The minimum Gasteiger partial charge on any atom is -0.497 e. The van der Waals surface area contributed by atoms with Crippen LogP contribution < -0.4 is 14.8 Å². The molecule has 0 saturated carbocycles. The molecule has 28 heavy (non-hydrogen) atoms. The van der Waals surface area contributed by atoms with Gasteiger partial charge in [0.05, 0.1) is 20.3 Å². The lowest BCUT2D eigenvalue weighted by Gasteiger charge is -2.18. The van der Waals surface area contributed by atoms with Crippen molar-refractivity contribution in [3.05, 3.63) is 47.0 Å². The second-order valence-corrected chi connectivity index (χ2v) is 6.63. The van der Waals surface area contributed by atoms with Gasteiger partial charge in [0.2, 0.25) is 5.91 Å². The lowest BCUT2D eigenvalue weighted by Crippen LogP contribution is -2.27. The van der Waals surface area contributed by atoms with Crippen molar-refractivity contribution in [2.45, 2.75) is 39.7 Å². The molecule has 0 spiro atoms. The highest BCUT2D eigenvalue weighted by molar-refractivity contribution is 5.77. The van der Waals surface area contributed by atoms with Gasteiger partial charge >= 0.3 is 0 Å². The van der Waals surface area contributed by atoms with Gasteiger partial charge in [0.25, 0.3) is 5.78 Å². The van der Waals surface area contributed by atoms with E-state index >= 15 is 0 Å². The van der Waals surface area contributed by atoms with Crippen LogP contribution in [-0.2, 0) is 11.2 Å². The average Bonchev–Trinajstić information content (AvgIpc) is 3.15. The van der Waals surface area contributed by atoms with Crippen molar-refractivity contribution < 1.29 is 14.3 Å². The molecule has 2 aromatic heterocycles. The van der Waals surface area contributed by atoms with Gasteiger partial charge in [-0.25, -0.2) is 9.50 Å². The third-order valence-electron chi connectivity index (χ3n) is 4.87. The third kappa shape index (κ3) is 3.90. The zero-order valence-electron chi connectivity index (χ0n) is 16.8. The normalized spacial score (nSPS) is 12.0. The maximum absolute atomic E-state index is 12.6. The van der Waals surface area contributed by atoms with Gasteiger partial charge in [0.1, 0.15) is 17.8 Å². The molecular formula is C20H25N5O3. The number of methoxy groups -OCH3 is 2. The number of benzene rings is 1. The molecule has 1 N–H and O–H groups in total. The summed E-state index contributed by atoms with van der Waals surface area (Å²) in [5.74, 6) is 1.95. The first-order chi connectivity index (χ1) is 13.4. The lowest BCUT2D eigenvalue weighted by molar-refractivity contribution is -0.121.